The molecule has 3 N–H and O–H groups in total. The van der Waals surface area contributed by atoms with Crippen molar-refractivity contribution in [2.45, 2.75) is 25.4 Å². The summed E-state index contributed by atoms with van der Waals surface area (Å²) in [4.78, 5) is 15.9. The summed E-state index contributed by atoms with van der Waals surface area (Å²) in [7, 11) is 0. The van der Waals surface area contributed by atoms with Crippen LogP contribution in [-0.2, 0) is 6.54 Å². The predicted octanol–water partition coefficient (Wildman–Crippen LogP) is 0.718. The van der Waals surface area contributed by atoms with Gasteiger partial charge in [-0.3, -0.25) is 4.79 Å². The lowest BCUT2D eigenvalue weighted by Crippen LogP contribution is -2.25. The van der Waals surface area contributed by atoms with Crippen LogP contribution in [0.4, 0.5) is 5.69 Å². The minimum Gasteiger partial charge on any atom is -0.397 e. The first-order valence-electron chi connectivity index (χ1n) is 5.75. The van der Waals surface area contributed by atoms with Crippen LogP contribution in [0.2, 0.25) is 0 Å². The predicted molar refractivity (Wildman–Crippen MR) is 62.6 cm³/mol. The Kier molecular flexibility index (Phi) is 2.51. The number of nitrogen functional groups attached to an aromatic ring is 1. The van der Waals surface area contributed by atoms with E-state index in [0.717, 1.165) is 12.8 Å². The number of aromatic nitrogens is 3. The lowest BCUT2D eigenvalue weighted by molar-refractivity contribution is 0.0940. The lowest BCUT2D eigenvalue weighted by Gasteiger charge is -2.06. The normalized spacial score (nSPS) is 14.7. The van der Waals surface area contributed by atoms with Gasteiger partial charge in [0.25, 0.3) is 5.91 Å². The first-order valence-corrected chi connectivity index (χ1v) is 5.75. The summed E-state index contributed by atoms with van der Waals surface area (Å²) in [5.74, 6) is 0.268. The smallest absolute Gasteiger partial charge is 0.268 e. The molecule has 1 aliphatic carbocycles. The highest BCUT2D eigenvalue weighted by atomic mass is 16.5. The molecular formula is C11H13N5O2. The van der Waals surface area contributed by atoms with E-state index in [1.807, 2.05) is 4.57 Å². The molecule has 0 aliphatic heterocycles. The number of anilines is 1. The van der Waals surface area contributed by atoms with E-state index < -0.39 is 0 Å². The zero-order valence-corrected chi connectivity index (χ0v) is 9.67. The molecule has 0 bridgehead atoms. The van der Waals surface area contributed by atoms with Crippen molar-refractivity contribution >= 4 is 11.6 Å². The summed E-state index contributed by atoms with van der Waals surface area (Å²) in [6.07, 6.45) is 5.23. The highest BCUT2D eigenvalue weighted by molar-refractivity contribution is 5.93. The second kappa shape index (κ2) is 4.17. The number of hydrogen-bond acceptors (Lipinski definition) is 5. The number of hydrogen-bond donors (Lipinski definition) is 2. The van der Waals surface area contributed by atoms with E-state index in [4.69, 9.17) is 5.73 Å². The third kappa shape index (κ3) is 2.06. The molecule has 0 spiro atoms. The SMILES string of the molecule is Nc1cc(C(=O)NCc2ncon2)n(C2CC2)c1. The van der Waals surface area contributed by atoms with Gasteiger partial charge in [-0.15, -0.1) is 0 Å². The molecule has 2 aromatic rings. The molecule has 1 saturated carbocycles. The van der Waals surface area contributed by atoms with Crippen LogP contribution in [0.25, 0.3) is 0 Å². The van der Waals surface area contributed by atoms with Crippen LogP contribution in [0.15, 0.2) is 23.2 Å². The van der Waals surface area contributed by atoms with Gasteiger partial charge in [-0.1, -0.05) is 5.16 Å². The fourth-order valence-corrected chi connectivity index (χ4v) is 1.86. The van der Waals surface area contributed by atoms with Crippen molar-refractivity contribution in [1.82, 2.24) is 20.0 Å². The van der Waals surface area contributed by atoms with Gasteiger partial charge in [0.05, 0.1) is 12.2 Å². The van der Waals surface area contributed by atoms with Gasteiger partial charge >= 0.3 is 0 Å². The highest BCUT2D eigenvalue weighted by Crippen LogP contribution is 2.37. The molecular weight excluding hydrogens is 234 g/mol. The van der Waals surface area contributed by atoms with E-state index in [1.165, 1.54) is 6.39 Å². The summed E-state index contributed by atoms with van der Waals surface area (Å²) in [6, 6.07) is 2.09. The van der Waals surface area contributed by atoms with E-state index in [9.17, 15) is 4.79 Å². The van der Waals surface area contributed by atoms with Crippen LogP contribution in [0.1, 0.15) is 35.2 Å². The summed E-state index contributed by atoms with van der Waals surface area (Å²) < 4.78 is 6.52. The third-order valence-electron chi connectivity index (χ3n) is 2.86. The van der Waals surface area contributed by atoms with Gasteiger partial charge in [-0.2, -0.15) is 4.98 Å². The van der Waals surface area contributed by atoms with Gasteiger partial charge in [0.1, 0.15) is 5.69 Å². The number of amides is 1. The summed E-state index contributed by atoms with van der Waals surface area (Å²) in [5.41, 5.74) is 6.92. The molecule has 18 heavy (non-hydrogen) atoms. The van der Waals surface area contributed by atoms with Crippen molar-refractivity contribution in [3.05, 3.63) is 30.2 Å². The van der Waals surface area contributed by atoms with Gasteiger partial charge < -0.3 is 20.1 Å². The highest BCUT2D eigenvalue weighted by Gasteiger charge is 2.27. The number of nitrogens with zero attached hydrogens (tertiary/aromatic N) is 3. The molecule has 2 aromatic heterocycles. The first kappa shape index (κ1) is 10.8. The van der Waals surface area contributed by atoms with Crippen LogP contribution in [0.5, 0.6) is 0 Å². The average molecular weight is 247 g/mol. The van der Waals surface area contributed by atoms with Crippen LogP contribution in [-0.4, -0.2) is 20.6 Å². The monoisotopic (exact) mass is 247 g/mol. The maximum Gasteiger partial charge on any atom is 0.268 e. The molecule has 3 rings (SSSR count). The minimum absolute atomic E-state index is 0.177. The van der Waals surface area contributed by atoms with Crippen molar-refractivity contribution in [3.8, 4) is 0 Å². The van der Waals surface area contributed by atoms with Gasteiger partial charge in [-0.05, 0) is 18.9 Å². The Hall–Kier alpha value is -2.31. The van der Waals surface area contributed by atoms with E-state index in [0.29, 0.717) is 23.2 Å². The number of carbonyl (C=O) groups is 1. The second-order valence-electron chi connectivity index (χ2n) is 4.33. The molecule has 94 valence electrons. The Morgan fingerprint density at radius 1 is 1.61 bits per heavy atom. The molecule has 0 unspecified atom stereocenters. The van der Waals surface area contributed by atoms with Crippen LogP contribution in [0, 0.1) is 0 Å². The molecule has 0 radical (unpaired) electrons. The molecule has 1 aliphatic rings. The average Bonchev–Trinajstić information content (AvgIpc) is 2.92. The van der Waals surface area contributed by atoms with Crippen LogP contribution >= 0.6 is 0 Å². The topological polar surface area (TPSA) is 99.0 Å². The number of rotatable bonds is 4. The van der Waals surface area contributed by atoms with E-state index in [-0.39, 0.29) is 12.5 Å². The Labute approximate surface area is 103 Å². The standard InChI is InChI=1S/C11H13N5O2/c12-7-3-9(16(5-7)8-1-2-8)11(17)13-4-10-14-6-18-15-10/h3,5-6,8H,1-2,4,12H2,(H,13,17). The maximum absolute atomic E-state index is 12.0. The molecule has 2 heterocycles. The van der Waals surface area contributed by atoms with Gasteiger partial charge in [-0.25, -0.2) is 0 Å². The van der Waals surface area contributed by atoms with E-state index in [1.54, 1.807) is 12.3 Å². The van der Waals surface area contributed by atoms with Crippen LogP contribution in [0.3, 0.4) is 0 Å². The zero-order valence-electron chi connectivity index (χ0n) is 9.67. The third-order valence-corrected chi connectivity index (χ3v) is 2.86. The van der Waals surface area contributed by atoms with Crippen molar-refractivity contribution in [1.29, 1.82) is 0 Å². The maximum atomic E-state index is 12.0. The summed E-state index contributed by atoms with van der Waals surface area (Å²) in [5, 5.41) is 6.36. The Bertz CT molecular complexity index is 556. The quantitative estimate of drug-likeness (QED) is 0.829. The lowest BCUT2D eigenvalue weighted by atomic mass is 10.3. The Balaban J connectivity index is 1.71. The molecule has 7 heteroatoms. The zero-order chi connectivity index (χ0) is 12.5. The second-order valence-corrected chi connectivity index (χ2v) is 4.33. The summed E-state index contributed by atoms with van der Waals surface area (Å²) >= 11 is 0. The van der Waals surface area contributed by atoms with E-state index >= 15 is 0 Å². The number of carbonyl (C=O) groups excluding carboxylic acids is 1. The largest absolute Gasteiger partial charge is 0.397 e. The number of nitrogens with one attached hydrogen (secondary N) is 1. The van der Waals surface area contributed by atoms with Crippen molar-refractivity contribution in [2.24, 2.45) is 0 Å². The van der Waals surface area contributed by atoms with Crippen molar-refractivity contribution in [2.75, 3.05) is 5.73 Å². The molecule has 0 atom stereocenters. The molecule has 1 amide bonds. The van der Waals surface area contributed by atoms with E-state index in [2.05, 4.69) is 20.0 Å². The molecule has 0 aromatic carbocycles. The molecule has 0 saturated heterocycles. The molecule has 1 fully saturated rings. The van der Waals surface area contributed by atoms with Crippen LogP contribution < -0.4 is 11.1 Å². The summed E-state index contributed by atoms with van der Waals surface area (Å²) in [6.45, 7) is 0.241. The van der Waals surface area contributed by atoms with Gasteiger partial charge in [0, 0.05) is 12.2 Å². The molecule has 7 nitrogen and oxygen atoms in total. The van der Waals surface area contributed by atoms with Gasteiger partial charge in [0.2, 0.25) is 6.39 Å². The number of nitrogens with two attached hydrogens (primary N) is 1. The fourth-order valence-electron chi connectivity index (χ4n) is 1.86. The Morgan fingerprint density at radius 3 is 3.11 bits per heavy atom. The van der Waals surface area contributed by atoms with Gasteiger partial charge in [0.15, 0.2) is 5.82 Å². The fraction of sp³-hybridized carbons (Fsp3) is 0.364. The minimum atomic E-state index is -0.177. The first-order chi connectivity index (χ1) is 8.74. The van der Waals surface area contributed by atoms with Crippen molar-refractivity contribution in [3.63, 3.8) is 0 Å². The Morgan fingerprint density at radius 2 is 2.44 bits per heavy atom. The van der Waals surface area contributed by atoms with Crippen molar-refractivity contribution < 1.29 is 9.32 Å².